The van der Waals surface area contributed by atoms with Crippen molar-refractivity contribution >= 4 is 19.5 Å². The van der Waals surface area contributed by atoms with E-state index in [2.05, 4.69) is 44.2 Å². The molecule has 0 aliphatic carbocycles. The summed E-state index contributed by atoms with van der Waals surface area (Å²) in [6.45, 7) is 4.49. The van der Waals surface area contributed by atoms with E-state index in [1.54, 1.807) is 5.57 Å². The van der Waals surface area contributed by atoms with Crippen LogP contribution in [0.5, 0.6) is 0 Å². The van der Waals surface area contributed by atoms with Crippen LogP contribution in [0.3, 0.4) is 0 Å². The summed E-state index contributed by atoms with van der Waals surface area (Å²) < 4.78 is 0. The first kappa shape index (κ1) is 11.2. The summed E-state index contributed by atoms with van der Waals surface area (Å²) in [6, 6.07) is 10.8. The predicted molar refractivity (Wildman–Crippen MR) is 73.1 cm³/mol. The minimum Gasteiger partial charge on any atom is -0.303 e. The number of carbonyl (C=O) groups excluding carboxylic acids is 1. The van der Waals surface area contributed by atoms with E-state index in [0.29, 0.717) is 11.3 Å². The summed E-state index contributed by atoms with van der Waals surface area (Å²) in [5.41, 5.74) is 4.24. The van der Waals surface area contributed by atoms with Crippen LogP contribution in [0.2, 0.25) is 0 Å². The maximum atomic E-state index is 11.2. The van der Waals surface area contributed by atoms with Crippen molar-refractivity contribution in [2.45, 2.75) is 31.6 Å². The Kier molecular flexibility index (Phi) is 2.67. The summed E-state index contributed by atoms with van der Waals surface area (Å²) >= 11 is 0. The third-order valence-electron chi connectivity index (χ3n) is 4.33. The van der Waals surface area contributed by atoms with E-state index in [0.717, 1.165) is 6.42 Å². The number of aldehydes is 1. The number of hydrogen-bond acceptors (Lipinski definition) is 1. The molecule has 0 spiro atoms. The zero-order valence-electron chi connectivity index (χ0n) is 10.3. The highest BCUT2D eigenvalue weighted by atomic mass is 31.1. The molecule has 1 aromatic carbocycles. The lowest BCUT2D eigenvalue weighted by molar-refractivity contribution is -0.110. The molecule has 2 heteroatoms. The van der Waals surface area contributed by atoms with E-state index in [4.69, 9.17) is 0 Å². The van der Waals surface area contributed by atoms with Crippen LogP contribution in [-0.4, -0.2) is 17.6 Å². The van der Waals surface area contributed by atoms with Crippen LogP contribution in [0, 0.1) is 5.92 Å². The lowest BCUT2D eigenvalue weighted by atomic mass is 9.86. The zero-order valence-corrected chi connectivity index (χ0v) is 11.2. The average Bonchev–Trinajstić information content (AvgIpc) is 2.86. The van der Waals surface area contributed by atoms with Crippen molar-refractivity contribution in [3.05, 3.63) is 41.5 Å². The maximum Gasteiger partial charge on any atom is 0.124 e. The molecular formula is C15H17OP. The topological polar surface area (TPSA) is 17.1 Å². The first-order chi connectivity index (χ1) is 8.24. The largest absolute Gasteiger partial charge is 0.303 e. The van der Waals surface area contributed by atoms with Gasteiger partial charge in [-0.1, -0.05) is 49.4 Å². The number of carbonyl (C=O) groups is 1. The first-order valence-electron chi connectivity index (χ1n) is 6.20. The van der Waals surface area contributed by atoms with Crippen LogP contribution in [-0.2, 0) is 4.79 Å². The number of fused-ring (bicyclic) bond motifs is 2. The molecule has 0 amide bonds. The van der Waals surface area contributed by atoms with E-state index >= 15 is 0 Å². The lowest BCUT2D eigenvalue weighted by Gasteiger charge is -2.20. The van der Waals surface area contributed by atoms with Gasteiger partial charge in [0.2, 0.25) is 0 Å². The molecular weight excluding hydrogens is 227 g/mol. The normalized spacial score (nSPS) is 35.4. The van der Waals surface area contributed by atoms with Gasteiger partial charge in [0, 0.05) is 17.2 Å². The van der Waals surface area contributed by atoms with Gasteiger partial charge in [-0.2, -0.15) is 0 Å². The predicted octanol–water partition coefficient (Wildman–Crippen LogP) is 3.10. The second-order valence-electron chi connectivity index (χ2n) is 5.11. The Bertz CT molecular complexity index is 477. The molecule has 2 heterocycles. The Hall–Kier alpha value is -0.940. The summed E-state index contributed by atoms with van der Waals surface area (Å²) in [6.07, 6.45) is 2.27. The molecule has 0 saturated carbocycles. The van der Waals surface area contributed by atoms with Crippen molar-refractivity contribution in [1.29, 1.82) is 0 Å². The summed E-state index contributed by atoms with van der Waals surface area (Å²) in [4.78, 5) is 11.2. The van der Waals surface area contributed by atoms with Gasteiger partial charge in [-0.3, -0.25) is 0 Å². The van der Waals surface area contributed by atoms with E-state index in [-0.39, 0.29) is 13.8 Å². The highest BCUT2D eigenvalue weighted by molar-refractivity contribution is 7.68. The third-order valence-corrected chi connectivity index (χ3v) is 7.86. The molecule has 3 rings (SSSR count). The van der Waals surface area contributed by atoms with E-state index < -0.39 is 0 Å². The quantitative estimate of drug-likeness (QED) is 0.444. The van der Waals surface area contributed by atoms with Crippen LogP contribution in [0.1, 0.15) is 20.3 Å². The molecule has 0 radical (unpaired) electrons. The molecule has 0 N–H and O–H groups in total. The van der Waals surface area contributed by atoms with Crippen LogP contribution >= 0.6 is 7.92 Å². The van der Waals surface area contributed by atoms with E-state index in [1.807, 2.05) is 0 Å². The van der Waals surface area contributed by atoms with Crippen molar-refractivity contribution in [1.82, 2.24) is 0 Å². The highest BCUT2D eigenvalue weighted by Gasteiger charge is 2.50. The second kappa shape index (κ2) is 4.07. The lowest BCUT2D eigenvalue weighted by Crippen LogP contribution is -2.19. The minimum atomic E-state index is -0.181. The molecule has 88 valence electrons. The molecule has 1 aromatic rings. The van der Waals surface area contributed by atoms with Gasteiger partial charge in [0.05, 0.1) is 0 Å². The SMILES string of the molecule is CC1=C(C)[C@H]2[C@@H](C=O)C[C@@H]1P2c1ccccc1. The van der Waals surface area contributed by atoms with Crippen molar-refractivity contribution in [3.63, 3.8) is 0 Å². The van der Waals surface area contributed by atoms with Gasteiger partial charge in [-0.05, 0) is 25.6 Å². The number of benzene rings is 1. The molecule has 2 aliphatic rings. The monoisotopic (exact) mass is 244 g/mol. The Balaban J connectivity index is 2.03. The minimum absolute atomic E-state index is 0.181. The molecule has 1 unspecified atom stereocenters. The molecule has 1 saturated heterocycles. The van der Waals surface area contributed by atoms with Gasteiger partial charge in [0.25, 0.3) is 0 Å². The smallest absolute Gasteiger partial charge is 0.124 e. The van der Waals surface area contributed by atoms with Crippen LogP contribution < -0.4 is 5.30 Å². The average molecular weight is 244 g/mol. The van der Waals surface area contributed by atoms with Crippen LogP contribution in [0.25, 0.3) is 0 Å². The number of hydrogen-bond donors (Lipinski definition) is 0. The molecule has 2 aliphatic heterocycles. The van der Waals surface area contributed by atoms with E-state index in [9.17, 15) is 4.79 Å². The number of rotatable bonds is 2. The Morgan fingerprint density at radius 2 is 1.88 bits per heavy atom. The molecule has 1 fully saturated rings. The van der Waals surface area contributed by atoms with Gasteiger partial charge < -0.3 is 4.79 Å². The highest BCUT2D eigenvalue weighted by Crippen LogP contribution is 2.66. The second-order valence-corrected chi connectivity index (χ2v) is 7.62. The Morgan fingerprint density at radius 3 is 2.53 bits per heavy atom. The standard InChI is InChI=1S/C15H17OP/c1-10-11(2)15-12(9-16)8-14(10)17(15)13-6-4-3-5-7-13/h3-7,9,12,14-15H,8H2,1-2H3/t12-,14+,15+,17?/m1/s1. The van der Waals surface area contributed by atoms with Crippen molar-refractivity contribution in [2.75, 3.05) is 0 Å². The number of allylic oxidation sites excluding steroid dienone is 2. The van der Waals surface area contributed by atoms with Crippen molar-refractivity contribution in [3.8, 4) is 0 Å². The fourth-order valence-corrected chi connectivity index (χ4v) is 7.28. The zero-order chi connectivity index (χ0) is 12.0. The molecule has 0 aromatic heterocycles. The first-order valence-corrected chi connectivity index (χ1v) is 7.68. The van der Waals surface area contributed by atoms with Gasteiger partial charge >= 0.3 is 0 Å². The van der Waals surface area contributed by atoms with Gasteiger partial charge in [-0.15, -0.1) is 0 Å². The summed E-state index contributed by atoms with van der Waals surface area (Å²) in [5, 5.41) is 1.47. The Morgan fingerprint density at radius 1 is 1.18 bits per heavy atom. The molecule has 2 bridgehead atoms. The van der Waals surface area contributed by atoms with Gasteiger partial charge in [0.15, 0.2) is 0 Å². The fraction of sp³-hybridized carbons (Fsp3) is 0.400. The van der Waals surface area contributed by atoms with E-state index in [1.165, 1.54) is 17.2 Å². The van der Waals surface area contributed by atoms with Gasteiger partial charge in [-0.25, -0.2) is 0 Å². The third kappa shape index (κ3) is 1.52. The molecule has 1 nitrogen and oxygen atoms in total. The molecule has 4 atom stereocenters. The van der Waals surface area contributed by atoms with Crippen molar-refractivity contribution in [2.24, 2.45) is 5.92 Å². The summed E-state index contributed by atoms with van der Waals surface area (Å²) in [5.74, 6) is 0.273. The van der Waals surface area contributed by atoms with Gasteiger partial charge in [0.1, 0.15) is 6.29 Å². The van der Waals surface area contributed by atoms with Crippen LogP contribution in [0.4, 0.5) is 0 Å². The summed E-state index contributed by atoms with van der Waals surface area (Å²) in [7, 11) is -0.181. The van der Waals surface area contributed by atoms with Crippen LogP contribution in [0.15, 0.2) is 41.5 Å². The maximum absolute atomic E-state index is 11.2. The van der Waals surface area contributed by atoms with Crippen molar-refractivity contribution < 1.29 is 4.79 Å². The fourth-order valence-electron chi connectivity index (χ4n) is 3.38. The Labute approximate surface area is 104 Å². The molecule has 17 heavy (non-hydrogen) atoms.